The topological polar surface area (TPSA) is 88.6 Å². The number of methoxy groups -OCH3 is 1. The van der Waals surface area contributed by atoms with Crippen LogP contribution in [-0.4, -0.2) is 53.9 Å². The molecular weight excluding hydrogens is 330 g/mol. The van der Waals surface area contributed by atoms with E-state index in [0.29, 0.717) is 18.5 Å². The standard InChI is InChI=1S/C16H21N3O4S/c1-10-4-3-7-19(10)14(21)11-8-24-13(18-11)12(20)17-9-16(5-6-16)15(22)23-2/h8,10H,3-7,9H2,1-2H3,(H,17,20). The molecule has 1 unspecified atom stereocenters. The van der Waals surface area contributed by atoms with Crippen LogP contribution < -0.4 is 5.32 Å². The second kappa shape index (κ2) is 6.51. The third-order valence-corrected chi connectivity index (χ3v) is 5.63. The lowest BCUT2D eigenvalue weighted by atomic mass is 10.1. The van der Waals surface area contributed by atoms with Gasteiger partial charge in [-0.3, -0.25) is 14.4 Å². The Kier molecular flexibility index (Phi) is 4.58. The molecule has 0 radical (unpaired) electrons. The van der Waals surface area contributed by atoms with E-state index in [1.807, 2.05) is 6.92 Å². The number of amides is 2. The normalized spacial score (nSPS) is 21.4. The van der Waals surface area contributed by atoms with E-state index in [0.717, 1.165) is 30.7 Å². The number of carbonyl (C=O) groups is 3. The van der Waals surface area contributed by atoms with Gasteiger partial charge in [-0.25, -0.2) is 4.98 Å². The van der Waals surface area contributed by atoms with E-state index in [1.165, 1.54) is 7.11 Å². The second-order valence-corrected chi connectivity index (χ2v) is 7.34. The lowest BCUT2D eigenvalue weighted by molar-refractivity contribution is -0.146. The summed E-state index contributed by atoms with van der Waals surface area (Å²) in [6.45, 7) is 3.00. The number of hydrogen-bond donors (Lipinski definition) is 1. The molecule has 1 saturated heterocycles. The van der Waals surface area contributed by atoms with Gasteiger partial charge in [-0.1, -0.05) is 0 Å². The summed E-state index contributed by atoms with van der Waals surface area (Å²) >= 11 is 1.14. The Labute approximate surface area is 144 Å². The molecule has 1 atom stereocenters. The number of nitrogens with zero attached hydrogens (tertiary/aromatic N) is 2. The molecule has 2 fully saturated rings. The van der Waals surface area contributed by atoms with Gasteiger partial charge in [0, 0.05) is 24.5 Å². The molecule has 1 saturated carbocycles. The van der Waals surface area contributed by atoms with Crippen LogP contribution in [0.4, 0.5) is 0 Å². The highest BCUT2D eigenvalue weighted by Crippen LogP contribution is 2.46. The van der Waals surface area contributed by atoms with Gasteiger partial charge in [-0.2, -0.15) is 0 Å². The number of thiazole rings is 1. The van der Waals surface area contributed by atoms with Crippen LogP contribution in [0, 0.1) is 5.41 Å². The van der Waals surface area contributed by atoms with Crippen molar-refractivity contribution in [1.82, 2.24) is 15.2 Å². The van der Waals surface area contributed by atoms with E-state index >= 15 is 0 Å². The summed E-state index contributed by atoms with van der Waals surface area (Å²) in [5.74, 6) is -0.770. The van der Waals surface area contributed by atoms with Gasteiger partial charge in [-0.05, 0) is 32.6 Å². The Morgan fingerprint density at radius 1 is 1.46 bits per heavy atom. The second-order valence-electron chi connectivity index (χ2n) is 6.48. The summed E-state index contributed by atoms with van der Waals surface area (Å²) in [5.41, 5.74) is -0.265. The number of esters is 1. The maximum absolute atomic E-state index is 12.4. The molecule has 24 heavy (non-hydrogen) atoms. The van der Waals surface area contributed by atoms with Crippen molar-refractivity contribution in [2.24, 2.45) is 5.41 Å². The molecule has 8 heteroatoms. The summed E-state index contributed by atoms with van der Waals surface area (Å²) < 4.78 is 4.76. The van der Waals surface area contributed by atoms with Crippen molar-refractivity contribution in [3.8, 4) is 0 Å². The molecule has 1 aromatic heterocycles. The Hall–Kier alpha value is -1.96. The highest BCUT2D eigenvalue weighted by atomic mass is 32.1. The smallest absolute Gasteiger partial charge is 0.313 e. The predicted octanol–water partition coefficient (Wildman–Crippen LogP) is 1.45. The van der Waals surface area contributed by atoms with Crippen LogP contribution in [-0.2, 0) is 9.53 Å². The number of carbonyl (C=O) groups excluding carboxylic acids is 3. The van der Waals surface area contributed by atoms with Crippen LogP contribution in [0.2, 0.25) is 0 Å². The summed E-state index contributed by atoms with van der Waals surface area (Å²) in [6.07, 6.45) is 3.43. The van der Waals surface area contributed by atoms with Gasteiger partial charge in [0.1, 0.15) is 5.69 Å². The van der Waals surface area contributed by atoms with Crippen molar-refractivity contribution < 1.29 is 19.1 Å². The summed E-state index contributed by atoms with van der Waals surface area (Å²) in [7, 11) is 1.35. The summed E-state index contributed by atoms with van der Waals surface area (Å²) in [5, 5.41) is 4.59. The number of hydrogen-bond acceptors (Lipinski definition) is 6. The van der Waals surface area contributed by atoms with Gasteiger partial charge in [0.25, 0.3) is 11.8 Å². The molecule has 1 aliphatic heterocycles. The minimum atomic E-state index is -0.578. The van der Waals surface area contributed by atoms with Gasteiger partial charge < -0.3 is 15.0 Å². The van der Waals surface area contributed by atoms with Crippen molar-refractivity contribution >= 4 is 29.1 Å². The van der Waals surface area contributed by atoms with E-state index in [2.05, 4.69) is 10.3 Å². The van der Waals surface area contributed by atoms with E-state index in [-0.39, 0.29) is 35.4 Å². The van der Waals surface area contributed by atoms with Crippen molar-refractivity contribution in [3.63, 3.8) is 0 Å². The Morgan fingerprint density at radius 2 is 2.21 bits per heavy atom. The molecule has 3 rings (SSSR count). The Morgan fingerprint density at radius 3 is 2.79 bits per heavy atom. The average molecular weight is 351 g/mol. The fourth-order valence-electron chi connectivity index (χ4n) is 3.00. The van der Waals surface area contributed by atoms with Gasteiger partial charge in [-0.15, -0.1) is 11.3 Å². The minimum Gasteiger partial charge on any atom is -0.469 e. The Balaban J connectivity index is 1.60. The fourth-order valence-corrected chi connectivity index (χ4v) is 3.71. The van der Waals surface area contributed by atoms with Crippen molar-refractivity contribution in [2.75, 3.05) is 20.2 Å². The highest BCUT2D eigenvalue weighted by Gasteiger charge is 2.51. The van der Waals surface area contributed by atoms with E-state index in [9.17, 15) is 14.4 Å². The molecule has 7 nitrogen and oxygen atoms in total. The molecule has 0 aromatic carbocycles. The molecule has 130 valence electrons. The zero-order valence-electron chi connectivity index (χ0n) is 13.8. The maximum atomic E-state index is 12.4. The van der Waals surface area contributed by atoms with E-state index in [4.69, 9.17) is 4.74 Å². The number of rotatable bonds is 5. The van der Waals surface area contributed by atoms with Gasteiger partial charge in [0.15, 0.2) is 5.01 Å². The predicted molar refractivity (Wildman–Crippen MR) is 87.9 cm³/mol. The first-order chi connectivity index (χ1) is 11.5. The molecular formula is C16H21N3O4S. The minimum absolute atomic E-state index is 0.122. The lowest BCUT2D eigenvalue weighted by Gasteiger charge is -2.19. The third kappa shape index (κ3) is 3.15. The lowest BCUT2D eigenvalue weighted by Crippen LogP contribution is -2.35. The van der Waals surface area contributed by atoms with Crippen LogP contribution >= 0.6 is 11.3 Å². The number of nitrogens with one attached hydrogen (secondary N) is 1. The van der Waals surface area contributed by atoms with E-state index < -0.39 is 5.41 Å². The molecule has 1 aromatic rings. The summed E-state index contributed by atoms with van der Waals surface area (Å²) in [4.78, 5) is 42.3. The molecule has 2 aliphatic rings. The number of aromatic nitrogens is 1. The first kappa shape index (κ1) is 16.9. The molecule has 1 N–H and O–H groups in total. The third-order valence-electron chi connectivity index (χ3n) is 4.79. The van der Waals surface area contributed by atoms with Crippen molar-refractivity contribution in [3.05, 3.63) is 16.1 Å². The molecule has 0 spiro atoms. The van der Waals surface area contributed by atoms with Crippen LogP contribution in [0.15, 0.2) is 5.38 Å². The maximum Gasteiger partial charge on any atom is 0.313 e. The quantitative estimate of drug-likeness (QED) is 0.811. The molecule has 0 bridgehead atoms. The van der Waals surface area contributed by atoms with Crippen LogP contribution in [0.5, 0.6) is 0 Å². The van der Waals surface area contributed by atoms with Crippen LogP contribution in [0.1, 0.15) is 52.9 Å². The van der Waals surface area contributed by atoms with E-state index in [1.54, 1.807) is 10.3 Å². The number of likely N-dealkylation sites (tertiary alicyclic amines) is 1. The Bertz CT molecular complexity index is 668. The van der Waals surface area contributed by atoms with Gasteiger partial charge >= 0.3 is 5.97 Å². The van der Waals surface area contributed by atoms with Gasteiger partial charge in [0.05, 0.1) is 12.5 Å². The fraction of sp³-hybridized carbons (Fsp3) is 0.625. The summed E-state index contributed by atoms with van der Waals surface area (Å²) in [6, 6.07) is 0.214. The first-order valence-corrected chi connectivity index (χ1v) is 8.98. The van der Waals surface area contributed by atoms with Gasteiger partial charge in [0.2, 0.25) is 0 Å². The SMILES string of the molecule is COC(=O)C1(CNC(=O)c2nc(C(=O)N3CCCC3C)cs2)CC1. The molecule has 2 heterocycles. The first-order valence-electron chi connectivity index (χ1n) is 8.10. The average Bonchev–Trinajstić information content (AvgIpc) is 3.00. The van der Waals surface area contributed by atoms with Crippen LogP contribution in [0.3, 0.4) is 0 Å². The monoisotopic (exact) mass is 351 g/mol. The van der Waals surface area contributed by atoms with Crippen LogP contribution in [0.25, 0.3) is 0 Å². The zero-order chi connectivity index (χ0) is 17.3. The molecule has 2 amide bonds. The highest BCUT2D eigenvalue weighted by molar-refractivity contribution is 7.11. The van der Waals surface area contributed by atoms with Crippen molar-refractivity contribution in [2.45, 2.75) is 38.6 Å². The molecule has 1 aliphatic carbocycles. The number of ether oxygens (including phenoxy) is 1. The van der Waals surface area contributed by atoms with Crippen molar-refractivity contribution in [1.29, 1.82) is 0 Å². The largest absolute Gasteiger partial charge is 0.469 e. The zero-order valence-corrected chi connectivity index (χ0v) is 14.6.